The van der Waals surface area contributed by atoms with Crippen molar-refractivity contribution in [1.82, 2.24) is 0 Å². The van der Waals surface area contributed by atoms with E-state index in [1.165, 1.54) is 11.1 Å². The molecule has 1 saturated heterocycles. The summed E-state index contributed by atoms with van der Waals surface area (Å²) in [4.78, 5) is 13.0. The van der Waals surface area contributed by atoms with Gasteiger partial charge in [-0.05, 0) is 73.3 Å². The van der Waals surface area contributed by atoms with Crippen molar-refractivity contribution in [3.63, 3.8) is 0 Å². The summed E-state index contributed by atoms with van der Waals surface area (Å²) >= 11 is 0. The van der Waals surface area contributed by atoms with Crippen LogP contribution in [-0.2, 0) is 14.3 Å². The minimum atomic E-state index is -0.513. The van der Waals surface area contributed by atoms with Crippen LogP contribution < -0.4 is 0 Å². The Bertz CT molecular complexity index is 698. The second-order valence-corrected chi connectivity index (χ2v) is 10.3. The van der Waals surface area contributed by atoms with Crippen molar-refractivity contribution in [2.75, 3.05) is 6.61 Å². The number of ketones is 1. The molecule has 1 saturated carbocycles. The largest absolute Gasteiger partial charge is 0.346 e. The van der Waals surface area contributed by atoms with E-state index in [9.17, 15) is 4.79 Å². The summed E-state index contributed by atoms with van der Waals surface area (Å²) in [6.45, 7) is 13.9. The highest BCUT2D eigenvalue weighted by Gasteiger charge is 2.53. The predicted octanol–water partition coefficient (Wildman–Crippen LogP) is 5.21. The van der Waals surface area contributed by atoms with Gasteiger partial charge in [-0.2, -0.15) is 0 Å². The van der Waals surface area contributed by atoms with Crippen molar-refractivity contribution in [1.29, 1.82) is 0 Å². The van der Waals surface area contributed by atoms with Crippen molar-refractivity contribution >= 4 is 5.78 Å². The first-order valence-corrected chi connectivity index (χ1v) is 10.4. The fourth-order valence-corrected chi connectivity index (χ4v) is 6.05. The maximum atomic E-state index is 13.0. The van der Waals surface area contributed by atoms with Gasteiger partial charge in [0.1, 0.15) is 0 Å². The van der Waals surface area contributed by atoms with E-state index >= 15 is 0 Å². The molecule has 3 nitrogen and oxygen atoms in total. The van der Waals surface area contributed by atoms with Crippen molar-refractivity contribution in [3.8, 4) is 0 Å². The number of hydrogen-bond donors (Lipinski definition) is 0. The Balaban J connectivity index is 1.83. The molecule has 2 fully saturated rings. The summed E-state index contributed by atoms with van der Waals surface area (Å²) in [7, 11) is 0. The molecule has 4 aliphatic rings. The fraction of sp³-hybridized carbons (Fsp3) is 0.783. The molecule has 1 heterocycles. The molecule has 4 atom stereocenters. The number of allylic oxidation sites excluding steroid dienone is 3. The van der Waals surface area contributed by atoms with Crippen molar-refractivity contribution < 1.29 is 14.3 Å². The van der Waals surface area contributed by atoms with Crippen LogP contribution >= 0.6 is 0 Å². The van der Waals surface area contributed by atoms with Crippen molar-refractivity contribution in [2.45, 2.75) is 85.5 Å². The molecule has 0 aromatic rings. The molecule has 0 bridgehead atoms. The molecule has 3 aliphatic carbocycles. The van der Waals surface area contributed by atoms with Crippen LogP contribution in [0.3, 0.4) is 0 Å². The van der Waals surface area contributed by atoms with Gasteiger partial charge in [0, 0.05) is 12.0 Å². The average Bonchev–Trinajstić information content (AvgIpc) is 2.72. The van der Waals surface area contributed by atoms with Crippen LogP contribution in [0.5, 0.6) is 0 Å². The van der Waals surface area contributed by atoms with E-state index in [-0.39, 0.29) is 16.9 Å². The standard InChI is InChI=1S/C23H34O3/c1-14(2)16-12-19(24)18-11-17-15-13-25-21(3,4)26-20(15)7-8-22(17,5)9-10-23(16,18)6/h11,14,16,20H,7-10,12-13H2,1-6H3/t16-,20-,22+,23-/m1/s1. The van der Waals surface area contributed by atoms with E-state index in [0.29, 0.717) is 30.6 Å². The van der Waals surface area contributed by atoms with Crippen LogP contribution in [0.25, 0.3) is 0 Å². The predicted molar refractivity (Wildman–Crippen MR) is 103 cm³/mol. The third-order valence-electron chi connectivity index (χ3n) is 7.77. The molecular weight excluding hydrogens is 324 g/mol. The third kappa shape index (κ3) is 2.65. The van der Waals surface area contributed by atoms with Crippen LogP contribution in [0.4, 0.5) is 0 Å². The molecule has 3 heteroatoms. The van der Waals surface area contributed by atoms with E-state index in [0.717, 1.165) is 31.3 Å². The van der Waals surface area contributed by atoms with Gasteiger partial charge >= 0.3 is 0 Å². The second kappa shape index (κ2) is 5.78. The van der Waals surface area contributed by atoms with Crippen LogP contribution in [0.1, 0.15) is 73.6 Å². The molecule has 0 spiro atoms. The first-order valence-electron chi connectivity index (χ1n) is 10.4. The summed E-state index contributed by atoms with van der Waals surface area (Å²) in [5.74, 6) is 0.851. The maximum Gasteiger partial charge on any atom is 0.163 e. The Labute approximate surface area is 158 Å². The highest BCUT2D eigenvalue weighted by molar-refractivity contribution is 6.00. The van der Waals surface area contributed by atoms with Gasteiger partial charge in [0.15, 0.2) is 11.6 Å². The number of carbonyl (C=O) groups is 1. The van der Waals surface area contributed by atoms with E-state index in [4.69, 9.17) is 9.47 Å². The monoisotopic (exact) mass is 358 g/mol. The smallest absolute Gasteiger partial charge is 0.163 e. The van der Waals surface area contributed by atoms with Crippen molar-refractivity contribution in [3.05, 3.63) is 22.8 Å². The summed E-state index contributed by atoms with van der Waals surface area (Å²) in [5, 5.41) is 0. The minimum Gasteiger partial charge on any atom is -0.346 e. The quantitative estimate of drug-likeness (QED) is 0.646. The Morgan fingerprint density at radius 1 is 1.12 bits per heavy atom. The number of rotatable bonds is 1. The van der Waals surface area contributed by atoms with Crippen LogP contribution in [0.15, 0.2) is 22.8 Å². The van der Waals surface area contributed by atoms with Gasteiger partial charge < -0.3 is 9.47 Å². The molecule has 26 heavy (non-hydrogen) atoms. The first-order chi connectivity index (χ1) is 12.1. The molecule has 0 radical (unpaired) electrons. The van der Waals surface area contributed by atoms with Crippen LogP contribution in [0.2, 0.25) is 0 Å². The fourth-order valence-electron chi connectivity index (χ4n) is 6.05. The molecule has 0 amide bonds. The molecule has 0 N–H and O–H groups in total. The van der Waals surface area contributed by atoms with Gasteiger partial charge in [-0.15, -0.1) is 0 Å². The lowest BCUT2D eigenvalue weighted by Gasteiger charge is -2.46. The average molecular weight is 359 g/mol. The molecule has 0 unspecified atom stereocenters. The molecular formula is C23H34O3. The molecule has 4 rings (SSSR count). The molecule has 1 aliphatic heterocycles. The number of ether oxygens (including phenoxy) is 2. The normalized spacial score (nSPS) is 42.1. The van der Waals surface area contributed by atoms with Crippen LogP contribution in [0, 0.1) is 22.7 Å². The van der Waals surface area contributed by atoms with Crippen LogP contribution in [-0.4, -0.2) is 24.3 Å². The van der Waals surface area contributed by atoms with Gasteiger partial charge in [-0.25, -0.2) is 0 Å². The number of Topliss-reactive ketones (excluding diaryl/α,β-unsaturated/α-hetero) is 1. The van der Waals surface area contributed by atoms with E-state index in [2.05, 4.69) is 33.8 Å². The van der Waals surface area contributed by atoms with Gasteiger partial charge in [-0.3, -0.25) is 4.79 Å². The topological polar surface area (TPSA) is 35.5 Å². The summed E-state index contributed by atoms with van der Waals surface area (Å²) in [6.07, 6.45) is 7.58. The lowest BCUT2D eigenvalue weighted by atomic mass is 9.65. The number of carbonyl (C=O) groups excluding carboxylic acids is 1. The molecule has 144 valence electrons. The Morgan fingerprint density at radius 3 is 2.54 bits per heavy atom. The second-order valence-electron chi connectivity index (χ2n) is 10.3. The zero-order valence-corrected chi connectivity index (χ0v) is 17.3. The third-order valence-corrected chi connectivity index (χ3v) is 7.77. The van der Waals surface area contributed by atoms with Gasteiger partial charge in [0.05, 0.1) is 12.7 Å². The number of hydrogen-bond acceptors (Lipinski definition) is 3. The summed E-state index contributed by atoms with van der Waals surface area (Å²) < 4.78 is 12.2. The highest BCUT2D eigenvalue weighted by atomic mass is 16.7. The number of fused-ring (bicyclic) bond motifs is 3. The summed E-state index contributed by atoms with van der Waals surface area (Å²) in [6, 6.07) is 0. The lowest BCUT2D eigenvalue weighted by Crippen LogP contribution is -2.45. The van der Waals surface area contributed by atoms with Gasteiger partial charge in [0.2, 0.25) is 0 Å². The molecule has 0 aromatic carbocycles. The van der Waals surface area contributed by atoms with E-state index in [1.54, 1.807) is 0 Å². The summed E-state index contributed by atoms with van der Waals surface area (Å²) in [5.41, 5.74) is 3.87. The lowest BCUT2D eigenvalue weighted by molar-refractivity contribution is -0.255. The maximum absolute atomic E-state index is 13.0. The Morgan fingerprint density at radius 2 is 1.85 bits per heavy atom. The minimum absolute atomic E-state index is 0.0182. The Kier molecular flexibility index (Phi) is 4.10. The van der Waals surface area contributed by atoms with Gasteiger partial charge in [0.25, 0.3) is 0 Å². The van der Waals surface area contributed by atoms with Gasteiger partial charge in [-0.1, -0.05) is 33.8 Å². The van der Waals surface area contributed by atoms with Crippen molar-refractivity contribution in [2.24, 2.45) is 22.7 Å². The van der Waals surface area contributed by atoms with E-state index in [1.807, 2.05) is 13.8 Å². The SMILES string of the molecule is CC(C)[C@H]1CC(=O)C2=CC3=C4COC(C)(C)O[C@@H]4CC[C@@]3(C)CC[C@@]21C. The zero-order valence-electron chi connectivity index (χ0n) is 17.3. The van der Waals surface area contributed by atoms with E-state index < -0.39 is 5.79 Å². The molecule has 0 aromatic heterocycles. The highest BCUT2D eigenvalue weighted by Crippen LogP contribution is 2.59. The Hall–Kier alpha value is -0.930. The zero-order chi connectivity index (χ0) is 18.9. The first kappa shape index (κ1) is 18.4.